The van der Waals surface area contributed by atoms with Crippen LogP contribution in [0.15, 0.2) is 18.1 Å². The van der Waals surface area contributed by atoms with E-state index in [4.69, 9.17) is 0 Å². The smallest absolute Gasteiger partial charge is 0.292 e. The van der Waals surface area contributed by atoms with Crippen LogP contribution >= 0.6 is 31.0 Å². The molecule has 0 aromatic heterocycles. The summed E-state index contributed by atoms with van der Waals surface area (Å²) in [4.78, 5) is 10.1. The number of rotatable bonds is 1. The van der Waals surface area contributed by atoms with Crippen molar-refractivity contribution in [2.75, 3.05) is 0 Å². The molecule has 1 atom stereocenters. The van der Waals surface area contributed by atoms with Crippen molar-refractivity contribution in [3.8, 4) is 0 Å². The van der Waals surface area contributed by atoms with Gasteiger partial charge in [-0.3, -0.25) is 4.79 Å². The van der Waals surface area contributed by atoms with Gasteiger partial charge in [0, 0.05) is 0 Å². The van der Waals surface area contributed by atoms with Crippen molar-refractivity contribution in [3.05, 3.63) is 0 Å². The predicted molar refractivity (Wildman–Crippen MR) is 51.9 cm³/mol. The van der Waals surface area contributed by atoms with Gasteiger partial charge in [0.2, 0.25) is 6.03 Å². The van der Waals surface area contributed by atoms with Crippen LogP contribution in [0.4, 0.5) is 29.4 Å². The summed E-state index contributed by atoms with van der Waals surface area (Å²) < 4.78 is 95.4. The Morgan fingerprint density at radius 2 is 1.00 bits per heavy atom. The fourth-order valence-electron chi connectivity index (χ4n) is 0.675. The number of carbonyl (C=O) groups is 1. The van der Waals surface area contributed by atoms with Crippen LogP contribution in [0, 0.1) is 0 Å². The minimum absolute atomic E-state index is 0.943. The molecule has 0 bridgehead atoms. The molecule has 1 aliphatic heterocycles. The van der Waals surface area contributed by atoms with Crippen LogP contribution in [-0.2, 0) is 4.79 Å². The zero-order chi connectivity index (χ0) is 13.5. The summed E-state index contributed by atoms with van der Waals surface area (Å²) in [5, 5.41) is 0. The third-order valence-corrected chi connectivity index (χ3v) is 8.47. The van der Waals surface area contributed by atoms with Crippen molar-refractivity contribution in [3.63, 3.8) is 0 Å². The lowest BCUT2D eigenvalue weighted by Gasteiger charge is -2.10. The van der Waals surface area contributed by atoms with E-state index >= 15 is 0 Å². The molecule has 0 radical (unpaired) electrons. The molecule has 1 rings (SSSR count). The van der Waals surface area contributed by atoms with Crippen molar-refractivity contribution in [2.24, 2.45) is 18.1 Å². The van der Waals surface area contributed by atoms with Crippen molar-refractivity contribution in [1.82, 2.24) is 0 Å². The summed E-state index contributed by atoms with van der Waals surface area (Å²) in [5.74, 6) is 0. The topological polar surface area (TPSA) is 66.5 Å². The molecule has 17 heavy (non-hydrogen) atoms. The largest absolute Gasteiger partial charge is 0.425 e. The molecule has 0 aromatic carbocycles. The highest BCUT2D eigenvalue weighted by molar-refractivity contribution is 7.85. The molecular weight excluding hydrogens is 341 g/mol. The molecule has 0 saturated heterocycles. The molecule has 5 nitrogen and oxygen atoms in total. The zero-order valence-electron chi connectivity index (χ0n) is 7.21. The fraction of sp³-hybridized carbons (Fsp3) is 0. The molecule has 1 aliphatic rings. The van der Waals surface area contributed by atoms with Crippen molar-refractivity contribution in [2.45, 2.75) is 0 Å². The van der Waals surface area contributed by atoms with E-state index in [9.17, 15) is 34.2 Å². The molecule has 0 fully saturated rings. The van der Waals surface area contributed by atoms with E-state index in [0.29, 0.717) is 0 Å². The summed E-state index contributed by atoms with van der Waals surface area (Å²) in [6.07, 6.45) is 0. The Morgan fingerprint density at radius 3 is 1.41 bits per heavy atom. The first-order chi connectivity index (χ1) is 7.39. The third-order valence-electron chi connectivity index (χ3n) is 1.03. The van der Waals surface area contributed by atoms with Crippen molar-refractivity contribution >= 4 is 37.0 Å². The van der Waals surface area contributed by atoms with Gasteiger partial charge < -0.3 is 0 Å². The molecule has 0 aliphatic carbocycles. The summed E-state index contributed by atoms with van der Waals surface area (Å²) in [5.41, 5.74) is 0. The number of nitrogens with zero attached hydrogens (tertiary/aromatic N) is 4. The van der Waals surface area contributed by atoms with Gasteiger partial charge in [0.1, 0.15) is 0 Å². The van der Waals surface area contributed by atoms with E-state index < -0.39 is 37.0 Å². The van der Waals surface area contributed by atoms with Crippen LogP contribution in [0.3, 0.4) is 0 Å². The number of hydrogen-bond donors (Lipinski definition) is 0. The zero-order valence-corrected chi connectivity index (χ0v) is 10.8. The maximum absolute atomic E-state index is 13.1. The van der Waals surface area contributed by atoms with E-state index in [1.165, 1.54) is 9.03 Å². The van der Waals surface area contributed by atoms with Gasteiger partial charge in [0.25, 0.3) is 0 Å². The Balaban J connectivity index is 3.74. The first-order valence-electron chi connectivity index (χ1n) is 3.28. The average Bonchev–Trinajstić information content (AvgIpc) is 1.93. The highest BCUT2D eigenvalue weighted by atomic mass is 31.3. The second-order valence-electron chi connectivity index (χ2n) is 2.40. The van der Waals surface area contributed by atoms with Gasteiger partial charge in [-0.15, -0.1) is 43.2 Å². The number of halogens is 7. The molecule has 0 saturated carbocycles. The lowest BCUT2D eigenvalue weighted by atomic mass is 11.8. The average molecular weight is 342 g/mol. The fourth-order valence-corrected chi connectivity index (χ4v) is 7.36. The van der Waals surface area contributed by atoms with E-state index in [1.54, 1.807) is 9.03 Å². The summed E-state index contributed by atoms with van der Waals surface area (Å²) >= 11 is 0. The van der Waals surface area contributed by atoms with Gasteiger partial charge in [-0.05, 0) is 0 Å². The van der Waals surface area contributed by atoms with E-state index in [0.717, 1.165) is 0 Å². The van der Waals surface area contributed by atoms with Crippen molar-refractivity contribution in [1.29, 1.82) is 0 Å². The lowest BCUT2D eigenvalue weighted by Crippen LogP contribution is -1.73. The van der Waals surface area contributed by atoms with E-state index in [2.05, 4.69) is 0 Å². The molecule has 100 valence electrons. The SMILES string of the molecule is O=CP1(F)=NP(F)(F)=NP(F)(F)=NP(F)(F)=N1. The van der Waals surface area contributed by atoms with Crippen LogP contribution in [0.2, 0.25) is 0 Å². The van der Waals surface area contributed by atoms with Crippen LogP contribution in [0.5, 0.6) is 0 Å². The molecule has 0 N–H and O–H groups in total. The van der Waals surface area contributed by atoms with Gasteiger partial charge in [0.15, 0.2) is 0 Å². The van der Waals surface area contributed by atoms with E-state index in [1.807, 2.05) is 0 Å². The van der Waals surface area contributed by atoms with Gasteiger partial charge in [-0.1, -0.05) is 0 Å². The molecule has 16 heteroatoms. The monoisotopic (exact) mass is 342 g/mol. The highest BCUT2D eigenvalue weighted by Crippen LogP contribution is 2.81. The molecule has 0 aromatic rings. The van der Waals surface area contributed by atoms with Gasteiger partial charge >= 0.3 is 31.0 Å². The summed E-state index contributed by atoms with van der Waals surface area (Å²) in [6.45, 7) is 0. The lowest BCUT2D eigenvalue weighted by molar-refractivity contribution is 0.566. The molecule has 1 heterocycles. The van der Waals surface area contributed by atoms with Crippen molar-refractivity contribution < 1.29 is 34.2 Å². The summed E-state index contributed by atoms with van der Waals surface area (Å²) in [6, 6.07) is -0.943. The number of carbonyl (C=O) groups excluding carboxylic acids is 1. The van der Waals surface area contributed by atoms with Crippen LogP contribution in [0.1, 0.15) is 0 Å². The number of hydrogen-bond acceptors (Lipinski definition) is 5. The quantitative estimate of drug-likeness (QED) is 0.292. The Bertz CT molecular complexity index is 558. The second kappa shape index (κ2) is 4.34. The third kappa shape index (κ3) is 4.36. The predicted octanol–water partition coefficient (Wildman–Crippen LogP) is 6.85. The molecule has 1 unspecified atom stereocenters. The normalized spacial score (nSPS) is 33.8. The Hall–Kier alpha value is 0.1000. The molecular formula is CHF7N4OP4. The van der Waals surface area contributed by atoms with Crippen LogP contribution < -0.4 is 0 Å². The Kier molecular flexibility index (Phi) is 3.87. The standard InChI is InChI=1S/CHF7N4OP4/c2-14(1-13)9-15(3,4)11-17(7,8)12-16(5,6)10-14/h1H. The van der Waals surface area contributed by atoms with Gasteiger partial charge in [-0.2, -0.15) is 4.20 Å². The molecule has 0 amide bonds. The first-order valence-corrected chi connectivity index (χ1v) is 9.36. The van der Waals surface area contributed by atoms with Gasteiger partial charge in [0.05, 0.1) is 0 Å². The Labute approximate surface area is 90.1 Å². The van der Waals surface area contributed by atoms with Crippen LogP contribution in [-0.4, -0.2) is 6.03 Å². The minimum Gasteiger partial charge on any atom is -0.292 e. The summed E-state index contributed by atoms with van der Waals surface area (Å²) in [7, 11) is -24.3. The Morgan fingerprint density at radius 1 is 0.647 bits per heavy atom. The maximum atomic E-state index is 13.1. The van der Waals surface area contributed by atoms with Crippen LogP contribution in [0.25, 0.3) is 0 Å². The van der Waals surface area contributed by atoms with E-state index in [-0.39, 0.29) is 0 Å². The minimum atomic E-state index is -6.32. The second-order valence-corrected chi connectivity index (χ2v) is 9.34. The highest BCUT2D eigenvalue weighted by Gasteiger charge is 2.39. The maximum Gasteiger partial charge on any atom is 0.425 e. The van der Waals surface area contributed by atoms with Gasteiger partial charge in [-0.25, -0.2) is 0 Å². The first kappa shape index (κ1) is 15.2. The molecule has 0 spiro atoms.